The second kappa shape index (κ2) is 6.80. The first-order valence-corrected chi connectivity index (χ1v) is 9.67. The second-order valence-electron chi connectivity index (χ2n) is 6.86. The Morgan fingerprint density at radius 2 is 1.75 bits per heavy atom. The fourth-order valence-corrected chi connectivity index (χ4v) is 4.06. The van der Waals surface area contributed by atoms with E-state index in [1.807, 2.05) is 47.5 Å². The zero-order valence-electron chi connectivity index (χ0n) is 14.6. The summed E-state index contributed by atoms with van der Waals surface area (Å²) in [7, 11) is 0. The lowest BCUT2D eigenvalue weighted by atomic mass is 9.96. The fourth-order valence-electron chi connectivity index (χ4n) is 3.76. The molecule has 2 atom stereocenters. The standard InChI is InChI=1S/C22H15Cl2FN2O/c23-15-6-4-13(5-7-15)19-12-20-18-11-16(24)8-9-21(18)28-22(27(20)26-19)14-2-1-3-17(25)10-14/h1-11,20,22H,12H2/t20-,22+/m1/s1. The SMILES string of the molecule is Fc1cccc([C@@H]2Oc3ccc(Cl)cc3[C@H]3CC(c4ccc(Cl)cc4)=NN32)c1. The van der Waals surface area contributed by atoms with Crippen molar-refractivity contribution in [2.45, 2.75) is 18.7 Å². The van der Waals surface area contributed by atoms with Gasteiger partial charge in [-0.05, 0) is 48.0 Å². The molecule has 0 amide bonds. The number of fused-ring (bicyclic) bond motifs is 3. The van der Waals surface area contributed by atoms with Crippen LogP contribution in [0, 0.1) is 5.82 Å². The monoisotopic (exact) mass is 412 g/mol. The van der Waals surface area contributed by atoms with Crippen LogP contribution in [0.15, 0.2) is 71.8 Å². The van der Waals surface area contributed by atoms with Crippen molar-refractivity contribution in [3.63, 3.8) is 0 Å². The summed E-state index contributed by atoms with van der Waals surface area (Å²) >= 11 is 12.3. The van der Waals surface area contributed by atoms with Crippen LogP contribution in [-0.4, -0.2) is 10.7 Å². The smallest absolute Gasteiger partial charge is 0.213 e. The molecule has 6 heteroatoms. The van der Waals surface area contributed by atoms with Gasteiger partial charge in [-0.25, -0.2) is 9.40 Å². The summed E-state index contributed by atoms with van der Waals surface area (Å²) in [4.78, 5) is 0. The molecule has 5 rings (SSSR count). The largest absolute Gasteiger partial charge is 0.464 e. The molecule has 3 aromatic carbocycles. The summed E-state index contributed by atoms with van der Waals surface area (Å²) in [6.45, 7) is 0. The van der Waals surface area contributed by atoms with Crippen LogP contribution in [0.1, 0.15) is 35.4 Å². The molecular formula is C22H15Cl2FN2O. The molecule has 0 N–H and O–H groups in total. The molecule has 140 valence electrons. The van der Waals surface area contributed by atoms with Crippen LogP contribution in [0.3, 0.4) is 0 Å². The maximum Gasteiger partial charge on any atom is 0.213 e. The topological polar surface area (TPSA) is 24.8 Å². The van der Waals surface area contributed by atoms with E-state index in [-0.39, 0.29) is 11.9 Å². The predicted molar refractivity (Wildman–Crippen MR) is 108 cm³/mol. The summed E-state index contributed by atoms with van der Waals surface area (Å²) in [5.41, 5.74) is 3.62. The van der Waals surface area contributed by atoms with Gasteiger partial charge < -0.3 is 4.74 Å². The molecule has 2 aliphatic heterocycles. The van der Waals surface area contributed by atoms with Crippen LogP contribution in [0.25, 0.3) is 0 Å². The summed E-state index contributed by atoms with van der Waals surface area (Å²) in [6, 6.07) is 19.6. The van der Waals surface area contributed by atoms with Crippen LogP contribution >= 0.6 is 23.2 Å². The van der Waals surface area contributed by atoms with Crippen molar-refractivity contribution in [3.05, 3.63) is 99.3 Å². The Hall–Kier alpha value is -2.56. The first-order chi connectivity index (χ1) is 13.6. The molecule has 3 nitrogen and oxygen atoms in total. The van der Waals surface area contributed by atoms with E-state index in [0.29, 0.717) is 22.0 Å². The predicted octanol–water partition coefficient (Wildman–Crippen LogP) is 6.37. The van der Waals surface area contributed by atoms with Crippen molar-refractivity contribution in [2.24, 2.45) is 5.10 Å². The summed E-state index contributed by atoms with van der Waals surface area (Å²) in [5.74, 6) is 0.438. The zero-order valence-corrected chi connectivity index (χ0v) is 16.2. The number of hydrogen-bond acceptors (Lipinski definition) is 3. The van der Waals surface area contributed by atoms with E-state index in [0.717, 1.165) is 22.6 Å². The molecule has 0 aromatic heterocycles. The Bertz CT molecular complexity index is 1080. The quantitative estimate of drug-likeness (QED) is 0.487. The zero-order chi connectivity index (χ0) is 19.3. The van der Waals surface area contributed by atoms with Crippen LogP contribution < -0.4 is 4.74 Å². The van der Waals surface area contributed by atoms with Gasteiger partial charge in [0.25, 0.3) is 0 Å². The summed E-state index contributed by atoms with van der Waals surface area (Å²) in [6.07, 6.45) is 0.184. The van der Waals surface area contributed by atoms with Crippen LogP contribution in [0.5, 0.6) is 5.75 Å². The Balaban J connectivity index is 1.61. The van der Waals surface area contributed by atoms with Gasteiger partial charge in [0.15, 0.2) is 0 Å². The molecule has 0 saturated heterocycles. The lowest BCUT2D eigenvalue weighted by molar-refractivity contribution is -0.0192. The van der Waals surface area contributed by atoms with Crippen molar-refractivity contribution in [1.29, 1.82) is 0 Å². The molecular weight excluding hydrogens is 398 g/mol. The summed E-state index contributed by atoms with van der Waals surface area (Å²) < 4.78 is 20.1. The first kappa shape index (κ1) is 17.5. The van der Waals surface area contributed by atoms with E-state index in [2.05, 4.69) is 0 Å². The highest BCUT2D eigenvalue weighted by atomic mass is 35.5. The second-order valence-corrected chi connectivity index (χ2v) is 7.73. The highest BCUT2D eigenvalue weighted by Crippen LogP contribution is 2.48. The van der Waals surface area contributed by atoms with Gasteiger partial charge in [0.05, 0.1) is 11.8 Å². The van der Waals surface area contributed by atoms with Crippen molar-refractivity contribution in [2.75, 3.05) is 0 Å². The first-order valence-electron chi connectivity index (χ1n) is 8.92. The molecule has 2 aliphatic rings. The third kappa shape index (κ3) is 3.03. The van der Waals surface area contributed by atoms with E-state index in [9.17, 15) is 4.39 Å². The molecule has 0 radical (unpaired) electrons. The van der Waals surface area contributed by atoms with Gasteiger partial charge in [0.1, 0.15) is 11.6 Å². The van der Waals surface area contributed by atoms with E-state index >= 15 is 0 Å². The Labute approximate surface area is 172 Å². The number of ether oxygens (including phenoxy) is 1. The average Bonchev–Trinajstić information content (AvgIpc) is 3.14. The molecule has 0 aliphatic carbocycles. The van der Waals surface area contributed by atoms with Crippen molar-refractivity contribution >= 4 is 28.9 Å². The van der Waals surface area contributed by atoms with E-state index < -0.39 is 6.23 Å². The average molecular weight is 413 g/mol. The van der Waals surface area contributed by atoms with Crippen LogP contribution in [0.4, 0.5) is 4.39 Å². The highest BCUT2D eigenvalue weighted by molar-refractivity contribution is 6.31. The number of hydrogen-bond donors (Lipinski definition) is 0. The lowest BCUT2D eigenvalue weighted by Crippen LogP contribution is -2.33. The van der Waals surface area contributed by atoms with E-state index in [4.69, 9.17) is 33.0 Å². The van der Waals surface area contributed by atoms with E-state index in [1.165, 1.54) is 12.1 Å². The van der Waals surface area contributed by atoms with Gasteiger partial charge in [-0.2, -0.15) is 5.10 Å². The number of benzene rings is 3. The number of hydrazone groups is 1. The molecule has 2 heterocycles. The molecule has 3 aromatic rings. The maximum absolute atomic E-state index is 13.9. The Morgan fingerprint density at radius 1 is 0.964 bits per heavy atom. The molecule has 0 bridgehead atoms. The van der Waals surface area contributed by atoms with Gasteiger partial charge in [-0.1, -0.05) is 47.5 Å². The molecule has 0 unspecified atom stereocenters. The van der Waals surface area contributed by atoms with Gasteiger partial charge >= 0.3 is 0 Å². The third-order valence-corrected chi connectivity index (χ3v) is 5.55. The molecule has 28 heavy (non-hydrogen) atoms. The van der Waals surface area contributed by atoms with Crippen LogP contribution in [-0.2, 0) is 0 Å². The minimum absolute atomic E-state index is 0.0404. The van der Waals surface area contributed by atoms with Gasteiger partial charge in [-0.3, -0.25) is 0 Å². The minimum Gasteiger partial charge on any atom is -0.464 e. The van der Waals surface area contributed by atoms with E-state index in [1.54, 1.807) is 12.1 Å². The van der Waals surface area contributed by atoms with Crippen molar-refractivity contribution in [3.8, 4) is 5.75 Å². The van der Waals surface area contributed by atoms with Gasteiger partial charge in [0.2, 0.25) is 6.23 Å². The van der Waals surface area contributed by atoms with Crippen molar-refractivity contribution < 1.29 is 9.13 Å². The number of nitrogens with zero attached hydrogens (tertiary/aromatic N) is 2. The number of halogens is 3. The Kier molecular flexibility index (Phi) is 4.26. The summed E-state index contributed by atoms with van der Waals surface area (Å²) in [5, 5.41) is 8.07. The lowest BCUT2D eigenvalue weighted by Gasteiger charge is -2.38. The molecule has 0 saturated carbocycles. The minimum atomic E-state index is -0.515. The molecule has 0 spiro atoms. The fraction of sp³-hybridized carbons (Fsp3) is 0.136. The normalized spacial score (nSPS) is 20.2. The van der Waals surface area contributed by atoms with Gasteiger partial charge in [-0.15, -0.1) is 0 Å². The van der Waals surface area contributed by atoms with Gasteiger partial charge in [0, 0.05) is 27.6 Å². The Morgan fingerprint density at radius 3 is 2.54 bits per heavy atom. The molecule has 0 fully saturated rings. The maximum atomic E-state index is 13.9. The van der Waals surface area contributed by atoms with Crippen molar-refractivity contribution in [1.82, 2.24) is 5.01 Å². The third-order valence-electron chi connectivity index (χ3n) is 5.06. The number of rotatable bonds is 2. The highest BCUT2D eigenvalue weighted by Gasteiger charge is 2.41. The van der Waals surface area contributed by atoms with Crippen LogP contribution in [0.2, 0.25) is 10.0 Å².